The van der Waals surface area contributed by atoms with Crippen LogP contribution in [0.1, 0.15) is 46.5 Å². The highest BCUT2D eigenvalue weighted by atomic mass is 19.3. The van der Waals surface area contributed by atoms with E-state index in [0.717, 1.165) is 19.4 Å². The van der Waals surface area contributed by atoms with Crippen molar-refractivity contribution < 1.29 is 13.6 Å². The number of alkyl halides is 2. The number of halogens is 2. The predicted molar refractivity (Wildman–Crippen MR) is 68.8 cm³/mol. The van der Waals surface area contributed by atoms with Crippen LogP contribution in [0.4, 0.5) is 8.78 Å². The van der Waals surface area contributed by atoms with Crippen LogP contribution in [0.15, 0.2) is 0 Å². The zero-order chi connectivity index (χ0) is 14.0. The molecule has 4 heteroatoms. The molecule has 0 bridgehead atoms. The first-order chi connectivity index (χ1) is 8.80. The number of nitrogens with zero attached hydrogens (tertiary/aromatic N) is 1. The highest BCUT2D eigenvalue weighted by molar-refractivity contribution is 5.85. The minimum absolute atomic E-state index is 0.0176. The summed E-state index contributed by atoms with van der Waals surface area (Å²) in [5.41, 5.74) is -0.567. The fourth-order valence-electron chi connectivity index (χ4n) is 4.48. The van der Waals surface area contributed by atoms with Crippen molar-refractivity contribution in [2.45, 2.75) is 58.4 Å². The van der Waals surface area contributed by atoms with E-state index >= 15 is 0 Å². The number of carbonyl (C=O) groups excluding carboxylic acids is 1. The number of carbonyl (C=O) groups is 1. The summed E-state index contributed by atoms with van der Waals surface area (Å²) < 4.78 is 25.9. The second-order valence-corrected chi connectivity index (χ2v) is 7.41. The van der Waals surface area contributed by atoms with Crippen molar-refractivity contribution in [1.29, 1.82) is 0 Å². The maximum Gasteiger partial charge on any atom is 0.242 e. The molecule has 108 valence electrons. The molecule has 2 nitrogen and oxygen atoms in total. The standard InChI is InChI=1S/C15H23F2NO/c1-14(2)10(12(16)17)11(14)13(19)18-8-9-6-4-5-7-15(9,18)3/h9-12H,4-8H2,1-3H3/t9-,10+,11-,15-/m0/s1. The van der Waals surface area contributed by atoms with Crippen LogP contribution in [0, 0.1) is 23.2 Å². The summed E-state index contributed by atoms with van der Waals surface area (Å²) in [5.74, 6) is -0.633. The van der Waals surface area contributed by atoms with Crippen LogP contribution in [0.3, 0.4) is 0 Å². The molecule has 0 aromatic carbocycles. The first kappa shape index (κ1) is 13.3. The Morgan fingerprint density at radius 2 is 1.95 bits per heavy atom. The molecule has 19 heavy (non-hydrogen) atoms. The van der Waals surface area contributed by atoms with Crippen molar-refractivity contribution in [1.82, 2.24) is 4.90 Å². The minimum atomic E-state index is -2.37. The van der Waals surface area contributed by atoms with Gasteiger partial charge in [-0.3, -0.25) is 4.79 Å². The largest absolute Gasteiger partial charge is 0.336 e. The Bertz CT molecular complexity index is 409. The molecule has 0 aromatic rings. The number of hydrogen-bond acceptors (Lipinski definition) is 1. The van der Waals surface area contributed by atoms with Crippen LogP contribution in [-0.2, 0) is 4.79 Å². The van der Waals surface area contributed by atoms with Gasteiger partial charge in [0.2, 0.25) is 12.3 Å². The molecule has 0 spiro atoms. The summed E-state index contributed by atoms with van der Waals surface area (Å²) in [4.78, 5) is 14.5. The van der Waals surface area contributed by atoms with Crippen molar-refractivity contribution in [3.8, 4) is 0 Å². The lowest BCUT2D eigenvalue weighted by molar-refractivity contribution is -0.163. The fourth-order valence-corrected chi connectivity index (χ4v) is 4.48. The van der Waals surface area contributed by atoms with Crippen LogP contribution in [0.5, 0.6) is 0 Å². The van der Waals surface area contributed by atoms with Crippen molar-refractivity contribution in [2.24, 2.45) is 23.2 Å². The van der Waals surface area contributed by atoms with Crippen molar-refractivity contribution in [3.63, 3.8) is 0 Å². The molecule has 1 heterocycles. The first-order valence-corrected chi connectivity index (χ1v) is 7.40. The molecule has 2 saturated carbocycles. The molecule has 3 rings (SSSR count). The third kappa shape index (κ3) is 1.67. The van der Waals surface area contributed by atoms with Crippen LogP contribution >= 0.6 is 0 Å². The molecule has 3 fully saturated rings. The van der Waals surface area contributed by atoms with Gasteiger partial charge in [0.1, 0.15) is 0 Å². The van der Waals surface area contributed by atoms with Gasteiger partial charge in [-0.05, 0) is 31.1 Å². The molecule has 0 radical (unpaired) electrons. The lowest BCUT2D eigenvalue weighted by Crippen LogP contribution is -2.68. The van der Waals surface area contributed by atoms with Gasteiger partial charge in [-0.25, -0.2) is 8.78 Å². The Balaban J connectivity index is 1.73. The van der Waals surface area contributed by atoms with Crippen LogP contribution in [0.25, 0.3) is 0 Å². The summed E-state index contributed by atoms with van der Waals surface area (Å²) in [6.45, 7) is 6.53. The molecule has 0 aromatic heterocycles. The predicted octanol–water partition coefficient (Wildman–Crippen LogP) is 3.31. The van der Waals surface area contributed by atoms with E-state index in [-0.39, 0.29) is 11.4 Å². The third-order valence-corrected chi connectivity index (χ3v) is 6.10. The Labute approximate surface area is 113 Å². The Hall–Kier alpha value is -0.670. The SMILES string of the molecule is CC1(C)[C@H](C(=O)N2C[C@@H]3CCCC[C@@]32C)[C@@H]1C(F)F. The van der Waals surface area contributed by atoms with Crippen molar-refractivity contribution in [3.05, 3.63) is 0 Å². The lowest BCUT2D eigenvalue weighted by Gasteiger charge is -2.60. The molecule has 1 aliphatic heterocycles. The molecular formula is C15H23F2NO. The summed E-state index contributed by atoms with van der Waals surface area (Å²) >= 11 is 0. The average molecular weight is 271 g/mol. The van der Waals surface area contributed by atoms with Gasteiger partial charge in [-0.1, -0.05) is 26.7 Å². The summed E-state index contributed by atoms with van der Waals surface area (Å²) in [6, 6.07) is 0. The van der Waals surface area contributed by atoms with Gasteiger partial charge in [-0.15, -0.1) is 0 Å². The number of rotatable bonds is 2. The first-order valence-electron chi connectivity index (χ1n) is 7.40. The second-order valence-electron chi connectivity index (χ2n) is 7.41. The van der Waals surface area contributed by atoms with Gasteiger partial charge in [-0.2, -0.15) is 0 Å². The average Bonchev–Trinajstić information content (AvgIpc) is 2.88. The molecule has 3 aliphatic rings. The lowest BCUT2D eigenvalue weighted by atomic mass is 9.66. The summed E-state index contributed by atoms with van der Waals surface area (Å²) in [5, 5.41) is 0. The number of likely N-dealkylation sites (tertiary alicyclic amines) is 1. The van der Waals surface area contributed by atoms with Gasteiger partial charge >= 0.3 is 0 Å². The van der Waals surface area contributed by atoms with Gasteiger partial charge in [0.15, 0.2) is 0 Å². The van der Waals surface area contributed by atoms with E-state index in [1.54, 1.807) is 13.8 Å². The number of hydrogen-bond donors (Lipinski definition) is 0. The zero-order valence-electron chi connectivity index (χ0n) is 12.0. The van der Waals surface area contributed by atoms with Gasteiger partial charge < -0.3 is 4.90 Å². The van der Waals surface area contributed by atoms with E-state index < -0.39 is 23.7 Å². The Morgan fingerprint density at radius 1 is 1.26 bits per heavy atom. The van der Waals surface area contributed by atoms with Crippen LogP contribution < -0.4 is 0 Å². The van der Waals surface area contributed by atoms with Gasteiger partial charge in [0.25, 0.3) is 0 Å². The van der Waals surface area contributed by atoms with Gasteiger partial charge in [0.05, 0.1) is 5.92 Å². The second kappa shape index (κ2) is 3.92. The maximum atomic E-state index is 13.0. The quantitative estimate of drug-likeness (QED) is 0.754. The highest BCUT2D eigenvalue weighted by Gasteiger charge is 2.68. The fraction of sp³-hybridized carbons (Fsp3) is 0.933. The number of amides is 1. The molecule has 4 atom stereocenters. The molecule has 0 unspecified atom stereocenters. The van der Waals surface area contributed by atoms with Gasteiger partial charge in [0, 0.05) is 18.0 Å². The smallest absolute Gasteiger partial charge is 0.242 e. The molecule has 1 amide bonds. The molecular weight excluding hydrogens is 248 g/mol. The van der Waals surface area contributed by atoms with Crippen molar-refractivity contribution >= 4 is 5.91 Å². The zero-order valence-corrected chi connectivity index (χ0v) is 12.0. The van der Waals surface area contributed by atoms with Crippen molar-refractivity contribution in [2.75, 3.05) is 6.54 Å². The topological polar surface area (TPSA) is 20.3 Å². The Kier molecular flexibility index (Phi) is 2.75. The molecule has 2 aliphatic carbocycles. The van der Waals surface area contributed by atoms with E-state index in [1.807, 2.05) is 4.90 Å². The Morgan fingerprint density at radius 3 is 2.47 bits per heavy atom. The van der Waals surface area contributed by atoms with Crippen LogP contribution in [0.2, 0.25) is 0 Å². The highest BCUT2D eigenvalue weighted by Crippen LogP contribution is 2.63. The molecule has 1 saturated heterocycles. The molecule has 0 N–H and O–H groups in total. The van der Waals surface area contributed by atoms with E-state index in [9.17, 15) is 13.6 Å². The number of fused-ring (bicyclic) bond motifs is 1. The van der Waals surface area contributed by atoms with E-state index in [1.165, 1.54) is 12.8 Å². The van der Waals surface area contributed by atoms with E-state index in [2.05, 4.69) is 6.92 Å². The maximum absolute atomic E-state index is 13.0. The third-order valence-electron chi connectivity index (χ3n) is 6.10. The van der Waals surface area contributed by atoms with Crippen LogP contribution in [-0.4, -0.2) is 29.3 Å². The van der Waals surface area contributed by atoms with E-state index in [4.69, 9.17) is 0 Å². The monoisotopic (exact) mass is 271 g/mol. The van der Waals surface area contributed by atoms with E-state index in [0.29, 0.717) is 5.92 Å². The summed E-state index contributed by atoms with van der Waals surface area (Å²) in [7, 11) is 0. The normalized spacial score (nSPS) is 43.7. The summed E-state index contributed by atoms with van der Waals surface area (Å²) in [6.07, 6.45) is 2.25. The minimum Gasteiger partial charge on any atom is -0.336 e.